The first-order valence-electron chi connectivity index (χ1n) is 6.43. The van der Waals surface area contributed by atoms with Gasteiger partial charge in [-0.2, -0.15) is 0 Å². The zero-order valence-electron chi connectivity index (χ0n) is 12.7. The summed E-state index contributed by atoms with van der Waals surface area (Å²) in [6.07, 6.45) is -0.396. The Morgan fingerprint density at radius 2 is 1.76 bits per heavy atom. The third-order valence-electron chi connectivity index (χ3n) is 2.71. The Labute approximate surface area is 131 Å². The topological polar surface area (TPSA) is 66.8 Å². The van der Waals surface area contributed by atoms with E-state index in [2.05, 4.69) is 0 Å². The number of rotatable bonds is 4. The maximum Gasteiger partial charge on any atom is 0.410 e. The molecule has 0 fully saturated rings. The molecule has 1 aromatic rings. The molecule has 0 aliphatic rings. The van der Waals surface area contributed by atoms with Crippen LogP contribution in [0.25, 0.3) is 0 Å². The van der Waals surface area contributed by atoms with Crippen LogP contribution in [0.15, 0.2) is 30.3 Å². The molecule has 5 nitrogen and oxygen atoms in total. The van der Waals surface area contributed by atoms with Crippen molar-refractivity contribution in [3.05, 3.63) is 35.9 Å². The average Bonchev–Trinajstić information content (AvgIpc) is 2.34. The molecule has 0 bridgehead atoms. The van der Waals surface area contributed by atoms with Gasteiger partial charge in [-0.15, -0.1) is 12.4 Å². The molecule has 1 aromatic carbocycles. The van der Waals surface area contributed by atoms with E-state index in [1.165, 1.54) is 7.05 Å². The van der Waals surface area contributed by atoms with Crippen molar-refractivity contribution < 1.29 is 19.4 Å². The molecule has 0 spiro atoms. The maximum atomic E-state index is 11.9. The summed E-state index contributed by atoms with van der Waals surface area (Å²) in [7, 11) is 1.44. The van der Waals surface area contributed by atoms with Gasteiger partial charge in [0, 0.05) is 13.5 Å². The Kier molecular flexibility index (Phi) is 7.22. The summed E-state index contributed by atoms with van der Waals surface area (Å²) >= 11 is 0. The summed E-state index contributed by atoms with van der Waals surface area (Å²) in [6.45, 7) is 5.23. The molecule has 0 aliphatic heterocycles. The van der Waals surface area contributed by atoms with E-state index in [4.69, 9.17) is 4.74 Å². The van der Waals surface area contributed by atoms with E-state index in [1.54, 1.807) is 20.8 Å². The normalized spacial score (nSPS) is 12.0. The Morgan fingerprint density at radius 1 is 1.24 bits per heavy atom. The van der Waals surface area contributed by atoms with Gasteiger partial charge in [0.1, 0.15) is 11.6 Å². The number of halogens is 1. The number of benzene rings is 1. The summed E-state index contributed by atoms with van der Waals surface area (Å²) in [4.78, 5) is 24.4. The van der Waals surface area contributed by atoms with Crippen LogP contribution in [0, 0.1) is 0 Å². The van der Waals surface area contributed by atoms with Crippen LogP contribution in [0.1, 0.15) is 26.3 Å². The fourth-order valence-corrected chi connectivity index (χ4v) is 1.69. The number of hydrogen-bond donors (Lipinski definition) is 1. The number of carbonyl (C=O) groups is 2. The molecule has 21 heavy (non-hydrogen) atoms. The van der Waals surface area contributed by atoms with Crippen molar-refractivity contribution >= 4 is 24.5 Å². The lowest BCUT2D eigenvalue weighted by Crippen LogP contribution is -2.46. The third kappa shape index (κ3) is 6.49. The van der Waals surface area contributed by atoms with Crippen LogP contribution >= 0.6 is 12.4 Å². The van der Waals surface area contributed by atoms with Crippen molar-refractivity contribution in [1.29, 1.82) is 0 Å². The minimum absolute atomic E-state index is 0. The van der Waals surface area contributed by atoms with Crippen LogP contribution in [0.4, 0.5) is 4.79 Å². The summed E-state index contributed by atoms with van der Waals surface area (Å²) in [5, 5.41) is 9.30. The van der Waals surface area contributed by atoms with Crippen molar-refractivity contribution in [3.63, 3.8) is 0 Å². The molecular weight excluding hydrogens is 294 g/mol. The summed E-state index contributed by atoms with van der Waals surface area (Å²) in [6, 6.07) is 8.24. The van der Waals surface area contributed by atoms with Crippen molar-refractivity contribution in [1.82, 2.24) is 4.90 Å². The predicted octanol–water partition coefficient (Wildman–Crippen LogP) is 2.97. The van der Waals surface area contributed by atoms with E-state index >= 15 is 0 Å². The summed E-state index contributed by atoms with van der Waals surface area (Å²) in [5.41, 5.74) is 0.205. The molecule has 6 heteroatoms. The molecule has 0 aromatic heterocycles. The molecule has 0 saturated carbocycles. The second-order valence-electron chi connectivity index (χ2n) is 5.64. The standard InChI is InChI=1S/C15H21NO4.ClH/c1-15(2,3)20-14(19)16(4)12(13(17)18)10-11-8-6-5-7-9-11;/h5-9,12H,10H2,1-4H3,(H,17,18);1H/t12-;/m1./s1. The lowest BCUT2D eigenvalue weighted by molar-refractivity contribution is -0.142. The lowest BCUT2D eigenvalue weighted by atomic mass is 10.1. The quantitative estimate of drug-likeness (QED) is 0.927. The van der Waals surface area contributed by atoms with Gasteiger partial charge in [-0.1, -0.05) is 30.3 Å². The van der Waals surface area contributed by atoms with Gasteiger partial charge in [0.2, 0.25) is 0 Å². The highest BCUT2D eigenvalue weighted by molar-refractivity contribution is 5.85. The number of aliphatic carboxylic acids is 1. The van der Waals surface area contributed by atoms with Gasteiger partial charge < -0.3 is 9.84 Å². The van der Waals surface area contributed by atoms with E-state index in [0.717, 1.165) is 10.5 Å². The Bertz CT molecular complexity index is 470. The van der Waals surface area contributed by atoms with Crippen molar-refractivity contribution in [2.75, 3.05) is 7.05 Å². The van der Waals surface area contributed by atoms with Crippen LogP contribution < -0.4 is 0 Å². The zero-order valence-corrected chi connectivity index (χ0v) is 13.5. The Hall–Kier alpha value is -1.75. The van der Waals surface area contributed by atoms with Crippen molar-refractivity contribution in [2.24, 2.45) is 0 Å². The fourth-order valence-electron chi connectivity index (χ4n) is 1.69. The van der Waals surface area contributed by atoms with Gasteiger partial charge >= 0.3 is 12.1 Å². The minimum Gasteiger partial charge on any atom is -0.480 e. The second kappa shape index (κ2) is 7.88. The number of likely N-dealkylation sites (N-methyl/N-ethyl adjacent to an activating group) is 1. The van der Waals surface area contributed by atoms with E-state index in [0.29, 0.717) is 0 Å². The van der Waals surface area contributed by atoms with Gasteiger partial charge in [0.05, 0.1) is 0 Å². The minimum atomic E-state index is -1.05. The van der Waals surface area contributed by atoms with Gasteiger partial charge in [-0.05, 0) is 26.3 Å². The van der Waals surface area contributed by atoms with Gasteiger partial charge in [0.25, 0.3) is 0 Å². The molecule has 0 aliphatic carbocycles. The summed E-state index contributed by atoms with van der Waals surface area (Å²) < 4.78 is 5.19. The first kappa shape index (κ1) is 19.2. The first-order valence-corrected chi connectivity index (χ1v) is 6.43. The lowest BCUT2D eigenvalue weighted by Gasteiger charge is -2.28. The molecule has 1 amide bonds. The van der Waals surface area contributed by atoms with Crippen molar-refractivity contribution in [2.45, 2.75) is 38.8 Å². The van der Waals surface area contributed by atoms with Crippen LogP contribution in [0.5, 0.6) is 0 Å². The molecule has 0 radical (unpaired) electrons. The average molecular weight is 316 g/mol. The number of carboxylic acids is 1. The number of carboxylic acid groups (broad SMARTS) is 1. The second-order valence-corrected chi connectivity index (χ2v) is 5.64. The highest BCUT2D eigenvalue weighted by Crippen LogP contribution is 2.13. The van der Waals surface area contributed by atoms with E-state index in [-0.39, 0.29) is 18.8 Å². The van der Waals surface area contributed by atoms with Crippen molar-refractivity contribution in [3.8, 4) is 0 Å². The molecule has 1 atom stereocenters. The van der Waals surface area contributed by atoms with E-state index in [9.17, 15) is 14.7 Å². The molecular formula is C15H22ClNO4. The molecule has 0 heterocycles. The highest BCUT2D eigenvalue weighted by Gasteiger charge is 2.30. The fraction of sp³-hybridized carbons (Fsp3) is 0.467. The molecule has 1 rings (SSSR count). The molecule has 0 saturated heterocycles. The monoisotopic (exact) mass is 315 g/mol. The zero-order chi connectivity index (χ0) is 15.3. The van der Waals surface area contributed by atoms with E-state index in [1.807, 2.05) is 30.3 Å². The number of ether oxygens (including phenoxy) is 1. The van der Waals surface area contributed by atoms with Crippen LogP contribution in [0.2, 0.25) is 0 Å². The van der Waals surface area contributed by atoms with Gasteiger partial charge in [0.15, 0.2) is 0 Å². The predicted molar refractivity (Wildman–Crippen MR) is 82.8 cm³/mol. The third-order valence-corrected chi connectivity index (χ3v) is 2.71. The number of hydrogen-bond acceptors (Lipinski definition) is 3. The Morgan fingerprint density at radius 3 is 2.19 bits per heavy atom. The number of amides is 1. The molecule has 1 N–H and O–H groups in total. The SMILES string of the molecule is CN(C(=O)OC(C)(C)C)[C@H](Cc1ccccc1)C(=O)O.Cl. The highest BCUT2D eigenvalue weighted by atomic mass is 35.5. The largest absolute Gasteiger partial charge is 0.480 e. The van der Waals surface area contributed by atoms with E-state index < -0.39 is 23.7 Å². The Balaban J connectivity index is 0.00000400. The first-order chi connectivity index (χ1) is 9.20. The number of nitrogens with zero attached hydrogens (tertiary/aromatic N) is 1. The summed E-state index contributed by atoms with van der Waals surface area (Å²) in [5.74, 6) is -1.05. The van der Waals surface area contributed by atoms with Crippen LogP contribution in [0.3, 0.4) is 0 Å². The number of carbonyl (C=O) groups excluding carboxylic acids is 1. The van der Waals surface area contributed by atoms with Gasteiger partial charge in [-0.3, -0.25) is 4.90 Å². The molecule has 0 unspecified atom stereocenters. The van der Waals surface area contributed by atoms with Crippen LogP contribution in [-0.2, 0) is 16.0 Å². The van der Waals surface area contributed by atoms with Crippen LogP contribution in [-0.4, -0.2) is 40.8 Å². The smallest absolute Gasteiger partial charge is 0.410 e. The molecule has 118 valence electrons. The maximum absolute atomic E-state index is 11.9. The van der Waals surface area contributed by atoms with Gasteiger partial charge in [-0.25, -0.2) is 9.59 Å².